The van der Waals surface area contributed by atoms with Crippen LogP contribution in [-0.4, -0.2) is 44.1 Å². The van der Waals surface area contributed by atoms with Gasteiger partial charge in [-0.3, -0.25) is 14.3 Å². The van der Waals surface area contributed by atoms with Crippen LogP contribution in [0.5, 0.6) is 11.5 Å². The van der Waals surface area contributed by atoms with Gasteiger partial charge in [-0.2, -0.15) is 0 Å². The molecule has 0 aliphatic carbocycles. The van der Waals surface area contributed by atoms with Crippen LogP contribution in [0.4, 0.5) is 10.1 Å². The van der Waals surface area contributed by atoms with Crippen LogP contribution in [0.2, 0.25) is 0 Å². The zero-order valence-electron chi connectivity index (χ0n) is 18.1. The molecule has 3 heterocycles. The number of fused-ring (bicyclic) bond motifs is 1. The van der Waals surface area contributed by atoms with Gasteiger partial charge < -0.3 is 14.8 Å². The molecule has 1 N–H and O–H groups in total. The van der Waals surface area contributed by atoms with Gasteiger partial charge in [0.2, 0.25) is 5.91 Å². The number of carbonyl (C=O) groups excluding carboxylic acids is 1. The smallest absolute Gasteiger partial charge is 0.237 e. The summed E-state index contributed by atoms with van der Waals surface area (Å²) in [6.07, 6.45) is 3.32. The Kier molecular flexibility index (Phi) is 6.13. The molecular weight excluding hydrogens is 457 g/mol. The number of nitrogens with one attached hydrogen (secondary N) is 1. The largest absolute Gasteiger partial charge is 0.486 e. The summed E-state index contributed by atoms with van der Waals surface area (Å²) in [5, 5.41) is 11.6. The normalized spacial score (nSPS) is 13.4. The molecule has 8 nitrogen and oxygen atoms in total. The predicted octanol–water partition coefficient (Wildman–Crippen LogP) is 4.36. The number of pyridine rings is 1. The second kappa shape index (κ2) is 9.52. The van der Waals surface area contributed by atoms with Gasteiger partial charge >= 0.3 is 0 Å². The number of benzene rings is 2. The van der Waals surface area contributed by atoms with Crippen LogP contribution in [0.15, 0.2) is 72.1 Å². The van der Waals surface area contributed by atoms with Crippen molar-refractivity contribution in [2.75, 3.05) is 18.5 Å². The second-order valence-corrected chi connectivity index (χ2v) is 8.77. The third kappa shape index (κ3) is 4.58. The van der Waals surface area contributed by atoms with Gasteiger partial charge in [0.25, 0.3) is 0 Å². The van der Waals surface area contributed by atoms with Crippen molar-refractivity contribution in [2.45, 2.75) is 17.3 Å². The SMILES string of the molecule is C[C@@H](Sc1nnc(-c2ccncc2)n1-c1ccc(F)cc1)C(=O)Nc1ccc2c(c1)OCCO2. The van der Waals surface area contributed by atoms with Crippen molar-refractivity contribution in [1.29, 1.82) is 0 Å². The molecule has 0 fully saturated rings. The average molecular weight is 478 g/mol. The average Bonchev–Trinajstić information content (AvgIpc) is 3.28. The number of amides is 1. The number of carbonyl (C=O) groups is 1. The van der Waals surface area contributed by atoms with Crippen LogP contribution in [-0.2, 0) is 4.79 Å². The molecule has 0 spiro atoms. The predicted molar refractivity (Wildman–Crippen MR) is 126 cm³/mol. The van der Waals surface area contributed by atoms with Gasteiger partial charge in [-0.25, -0.2) is 4.39 Å². The van der Waals surface area contributed by atoms with E-state index in [1.54, 1.807) is 54.2 Å². The molecular formula is C24H20FN5O3S. The minimum absolute atomic E-state index is 0.208. The van der Waals surface area contributed by atoms with E-state index in [0.717, 1.165) is 5.56 Å². The Morgan fingerprint density at radius 2 is 1.76 bits per heavy atom. The van der Waals surface area contributed by atoms with E-state index in [-0.39, 0.29) is 11.7 Å². The van der Waals surface area contributed by atoms with Gasteiger partial charge in [0.15, 0.2) is 22.5 Å². The minimum atomic E-state index is -0.498. The van der Waals surface area contributed by atoms with Crippen molar-refractivity contribution in [2.24, 2.45) is 0 Å². The summed E-state index contributed by atoms with van der Waals surface area (Å²) in [4.78, 5) is 17.0. The fourth-order valence-corrected chi connectivity index (χ4v) is 4.30. The summed E-state index contributed by atoms with van der Waals surface area (Å²) in [5.41, 5.74) is 2.09. The van der Waals surface area contributed by atoms with Crippen LogP contribution in [0.25, 0.3) is 17.1 Å². The van der Waals surface area contributed by atoms with Crippen LogP contribution in [0, 0.1) is 5.82 Å². The molecule has 2 aromatic heterocycles. The summed E-state index contributed by atoms with van der Waals surface area (Å²) in [5.74, 6) is 1.27. The minimum Gasteiger partial charge on any atom is -0.486 e. The molecule has 10 heteroatoms. The Hall–Kier alpha value is -3.92. The number of anilines is 1. The molecule has 2 aromatic carbocycles. The monoisotopic (exact) mass is 477 g/mol. The zero-order valence-corrected chi connectivity index (χ0v) is 19.0. The Morgan fingerprint density at radius 1 is 1.03 bits per heavy atom. The van der Waals surface area contributed by atoms with Gasteiger partial charge in [0.1, 0.15) is 19.0 Å². The van der Waals surface area contributed by atoms with Gasteiger partial charge in [-0.05, 0) is 55.5 Å². The highest BCUT2D eigenvalue weighted by Crippen LogP contribution is 2.34. The molecule has 5 rings (SSSR count). The highest BCUT2D eigenvalue weighted by atomic mass is 32.2. The van der Waals surface area contributed by atoms with Gasteiger partial charge in [0.05, 0.1) is 5.25 Å². The van der Waals surface area contributed by atoms with Crippen LogP contribution in [0.1, 0.15) is 6.92 Å². The molecule has 0 saturated carbocycles. The third-order valence-electron chi connectivity index (χ3n) is 5.12. The lowest BCUT2D eigenvalue weighted by Crippen LogP contribution is -2.23. The van der Waals surface area contributed by atoms with E-state index in [2.05, 4.69) is 20.5 Å². The number of hydrogen-bond acceptors (Lipinski definition) is 7. The third-order valence-corrected chi connectivity index (χ3v) is 6.16. The van der Waals surface area contributed by atoms with E-state index in [4.69, 9.17) is 9.47 Å². The van der Waals surface area contributed by atoms with Crippen molar-refractivity contribution in [1.82, 2.24) is 19.7 Å². The first kappa shape index (κ1) is 21.9. The van der Waals surface area contributed by atoms with E-state index >= 15 is 0 Å². The van der Waals surface area contributed by atoms with Gasteiger partial charge in [-0.1, -0.05) is 11.8 Å². The first-order valence-corrected chi connectivity index (χ1v) is 11.5. The Balaban J connectivity index is 1.39. The maximum absolute atomic E-state index is 13.6. The number of hydrogen-bond donors (Lipinski definition) is 1. The summed E-state index contributed by atoms with van der Waals surface area (Å²) < 4.78 is 26.5. The van der Waals surface area contributed by atoms with Crippen molar-refractivity contribution >= 4 is 23.4 Å². The number of nitrogens with zero attached hydrogens (tertiary/aromatic N) is 4. The second-order valence-electron chi connectivity index (χ2n) is 7.46. The van der Waals surface area contributed by atoms with Gasteiger partial charge in [-0.15, -0.1) is 10.2 Å². The Bertz CT molecular complexity index is 1310. The van der Waals surface area contributed by atoms with Crippen LogP contribution >= 0.6 is 11.8 Å². The van der Waals surface area contributed by atoms with Crippen molar-refractivity contribution in [3.8, 4) is 28.6 Å². The quantitative estimate of drug-likeness (QED) is 0.413. The molecule has 0 bridgehead atoms. The fourth-order valence-electron chi connectivity index (χ4n) is 3.43. The molecule has 1 atom stereocenters. The van der Waals surface area contributed by atoms with E-state index in [1.807, 2.05) is 12.1 Å². The number of ether oxygens (including phenoxy) is 2. The number of aromatic nitrogens is 4. The Morgan fingerprint density at radius 3 is 2.53 bits per heavy atom. The van der Waals surface area contributed by atoms with E-state index < -0.39 is 5.25 Å². The molecule has 4 aromatic rings. The van der Waals surface area contributed by atoms with E-state index in [0.29, 0.717) is 47.1 Å². The lowest BCUT2D eigenvalue weighted by molar-refractivity contribution is -0.115. The van der Waals surface area contributed by atoms with Crippen LogP contribution < -0.4 is 14.8 Å². The number of thioether (sulfide) groups is 1. The van der Waals surface area contributed by atoms with Gasteiger partial charge in [0, 0.05) is 35.4 Å². The zero-order chi connectivity index (χ0) is 23.5. The van der Waals surface area contributed by atoms with E-state index in [1.165, 1.54) is 23.9 Å². The van der Waals surface area contributed by atoms with Crippen molar-refractivity contribution < 1.29 is 18.7 Å². The molecule has 0 unspecified atom stereocenters. The molecule has 172 valence electrons. The van der Waals surface area contributed by atoms with Crippen LogP contribution in [0.3, 0.4) is 0 Å². The molecule has 1 aliphatic rings. The molecule has 0 radical (unpaired) electrons. The van der Waals surface area contributed by atoms with E-state index in [9.17, 15) is 9.18 Å². The molecule has 1 aliphatic heterocycles. The lowest BCUT2D eigenvalue weighted by atomic mass is 10.2. The maximum Gasteiger partial charge on any atom is 0.237 e. The highest BCUT2D eigenvalue weighted by Gasteiger charge is 2.23. The highest BCUT2D eigenvalue weighted by molar-refractivity contribution is 8.00. The summed E-state index contributed by atoms with van der Waals surface area (Å²) in [6, 6.07) is 15.0. The van der Waals surface area contributed by atoms with Crippen molar-refractivity contribution in [3.05, 3.63) is 72.8 Å². The lowest BCUT2D eigenvalue weighted by Gasteiger charge is -2.19. The summed E-state index contributed by atoms with van der Waals surface area (Å²) in [7, 11) is 0. The van der Waals surface area contributed by atoms with Crippen molar-refractivity contribution in [3.63, 3.8) is 0 Å². The topological polar surface area (TPSA) is 91.2 Å². The molecule has 34 heavy (non-hydrogen) atoms. The Labute approximate surface area is 199 Å². The summed E-state index contributed by atoms with van der Waals surface area (Å²) >= 11 is 1.25. The number of halogens is 1. The summed E-state index contributed by atoms with van der Waals surface area (Å²) in [6.45, 7) is 2.76. The molecule has 0 saturated heterocycles. The fraction of sp³-hybridized carbons (Fsp3) is 0.167. The standard InChI is InChI=1S/C24H20FN5O3S/c1-15(23(31)27-18-4-7-20-21(14-18)33-13-12-32-20)34-24-29-28-22(16-8-10-26-11-9-16)30(24)19-5-2-17(25)3-6-19/h2-11,14-15H,12-13H2,1H3,(H,27,31)/t15-/m1/s1. The molecule has 1 amide bonds. The maximum atomic E-state index is 13.6. The first-order chi connectivity index (χ1) is 16.6. The number of rotatable bonds is 6. The first-order valence-electron chi connectivity index (χ1n) is 10.6.